The van der Waals surface area contributed by atoms with Crippen LogP contribution in [0.5, 0.6) is 0 Å². The van der Waals surface area contributed by atoms with Gasteiger partial charge in [-0.25, -0.2) is 4.98 Å². The minimum Gasteiger partial charge on any atom is -0.473 e. The van der Waals surface area contributed by atoms with Crippen molar-refractivity contribution in [1.29, 1.82) is 0 Å². The Morgan fingerprint density at radius 2 is 2.05 bits per heavy atom. The quantitative estimate of drug-likeness (QED) is 0.713. The highest BCUT2D eigenvalue weighted by atomic mass is 35.5. The highest BCUT2D eigenvalue weighted by molar-refractivity contribution is 8.22. The average Bonchev–Trinajstić information content (AvgIpc) is 2.89. The van der Waals surface area contributed by atoms with Gasteiger partial charge in [0.15, 0.2) is 0 Å². The number of rotatable bonds is 4. The van der Waals surface area contributed by atoms with Crippen LogP contribution in [0.15, 0.2) is 43.0 Å². The maximum atomic E-state index is 5.98. The third-order valence-corrected chi connectivity index (χ3v) is 4.41. The first-order valence-electron chi connectivity index (χ1n) is 6.94. The first kappa shape index (κ1) is 17.3. The number of thioether (sulfide) groups is 1. The maximum absolute atomic E-state index is 5.98. The Bertz CT molecular complexity index is 606. The molecule has 1 aromatic heterocycles. The number of ether oxygens (including phenoxy) is 1. The lowest BCUT2D eigenvalue weighted by molar-refractivity contribution is 0.127. The van der Waals surface area contributed by atoms with Gasteiger partial charge >= 0.3 is 0 Å². The zero-order valence-corrected chi connectivity index (χ0v) is 15.2. The Balaban J connectivity index is 2.14. The number of thiocarbonyl (C=S) groups is 1. The summed E-state index contributed by atoms with van der Waals surface area (Å²) in [4.78, 5) is 4.09. The van der Waals surface area contributed by atoms with Crippen LogP contribution in [0.2, 0.25) is 5.02 Å². The van der Waals surface area contributed by atoms with Crippen molar-refractivity contribution < 1.29 is 4.74 Å². The molecule has 6 heteroatoms. The third kappa shape index (κ3) is 5.63. The smallest absolute Gasteiger partial charge is 0.221 e. The van der Waals surface area contributed by atoms with Gasteiger partial charge in [0.25, 0.3) is 0 Å². The second-order valence-electron chi connectivity index (χ2n) is 5.88. The van der Waals surface area contributed by atoms with Crippen LogP contribution >= 0.6 is 35.6 Å². The topological polar surface area (TPSA) is 27.1 Å². The van der Waals surface area contributed by atoms with E-state index >= 15 is 0 Å². The monoisotopic (exact) mass is 354 g/mol. The predicted octanol–water partition coefficient (Wildman–Crippen LogP) is 5.11. The largest absolute Gasteiger partial charge is 0.473 e. The summed E-state index contributed by atoms with van der Waals surface area (Å²) >= 11 is 12.9. The molecule has 3 nitrogen and oxygen atoms in total. The summed E-state index contributed by atoms with van der Waals surface area (Å²) in [6.07, 6.45) is 5.52. The highest BCUT2D eigenvalue weighted by Crippen LogP contribution is 2.34. The van der Waals surface area contributed by atoms with Gasteiger partial charge in [-0.3, -0.25) is 0 Å². The van der Waals surface area contributed by atoms with Crippen LogP contribution in [0.3, 0.4) is 0 Å². The summed E-state index contributed by atoms with van der Waals surface area (Å²) < 4.78 is 8.36. The molecule has 2 rings (SSSR count). The molecule has 0 amide bonds. The third-order valence-electron chi connectivity index (χ3n) is 2.81. The second kappa shape index (κ2) is 7.49. The normalized spacial score (nSPS) is 12.9. The van der Waals surface area contributed by atoms with Crippen molar-refractivity contribution in [3.05, 3.63) is 53.6 Å². The number of aromatic nitrogens is 2. The molecule has 0 fully saturated rings. The molecule has 0 saturated carbocycles. The lowest BCUT2D eigenvalue weighted by atomic mass is 10.1. The molecule has 0 spiro atoms. The molecule has 0 N–H and O–H groups in total. The first-order valence-corrected chi connectivity index (χ1v) is 8.61. The Hall–Kier alpha value is -1.04. The van der Waals surface area contributed by atoms with E-state index in [0.717, 1.165) is 17.1 Å². The summed E-state index contributed by atoms with van der Waals surface area (Å²) in [5.74, 6) is 0. The molecule has 0 aliphatic carbocycles. The lowest BCUT2D eigenvalue weighted by Gasteiger charge is -2.24. The second-order valence-corrected chi connectivity index (χ2v) is 8.12. The number of hydrogen-bond acceptors (Lipinski definition) is 4. The summed E-state index contributed by atoms with van der Waals surface area (Å²) in [6, 6.07) is 7.84. The van der Waals surface area contributed by atoms with E-state index in [4.69, 9.17) is 28.6 Å². The molecule has 1 atom stereocenters. The number of imidazole rings is 1. The van der Waals surface area contributed by atoms with Crippen molar-refractivity contribution >= 4 is 40.0 Å². The minimum absolute atomic E-state index is 0.140. The molecular formula is C16H19ClN2OS2. The lowest BCUT2D eigenvalue weighted by Crippen LogP contribution is -2.22. The molecule has 22 heavy (non-hydrogen) atoms. The number of nitrogens with zero attached hydrogens (tertiary/aromatic N) is 2. The minimum atomic E-state index is -0.288. The Kier molecular flexibility index (Phi) is 5.89. The molecule has 0 saturated heterocycles. The molecule has 0 radical (unpaired) electrons. The van der Waals surface area contributed by atoms with Gasteiger partial charge in [-0.2, -0.15) is 0 Å². The van der Waals surface area contributed by atoms with Crippen molar-refractivity contribution in [2.24, 2.45) is 0 Å². The van der Waals surface area contributed by atoms with E-state index in [1.54, 1.807) is 24.3 Å². The van der Waals surface area contributed by atoms with Crippen LogP contribution in [0.4, 0.5) is 0 Å². The Morgan fingerprint density at radius 3 is 2.59 bits per heavy atom. The van der Waals surface area contributed by atoms with Crippen LogP contribution < -0.4 is 0 Å². The number of benzene rings is 1. The summed E-state index contributed by atoms with van der Waals surface area (Å²) in [7, 11) is 0. The molecular weight excluding hydrogens is 336 g/mol. The fraction of sp³-hybridized carbons (Fsp3) is 0.375. The maximum Gasteiger partial charge on any atom is 0.221 e. The number of halogens is 1. The zero-order valence-electron chi connectivity index (χ0n) is 12.8. The highest BCUT2D eigenvalue weighted by Gasteiger charge is 2.20. The van der Waals surface area contributed by atoms with Gasteiger partial charge in [-0.1, -0.05) is 35.5 Å². The van der Waals surface area contributed by atoms with E-state index < -0.39 is 0 Å². The fourth-order valence-corrected chi connectivity index (χ4v) is 3.66. The zero-order chi connectivity index (χ0) is 16.2. The van der Waals surface area contributed by atoms with Gasteiger partial charge in [0.05, 0.1) is 11.6 Å². The van der Waals surface area contributed by atoms with E-state index in [0.29, 0.717) is 4.38 Å². The van der Waals surface area contributed by atoms with Gasteiger partial charge in [0, 0.05) is 24.0 Å². The van der Waals surface area contributed by atoms with E-state index in [1.165, 1.54) is 0 Å². The fourth-order valence-electron chi connectivity index (χ4n) is 1.86. The van der Waals surface area contributed by atoms with Gasteiger partial charge in [0.2, 0.25) is 4.38 Å². The summed E-state index contributed by atoms with van der Waals surface area (Å²) in [5, 5.41) is 0.866. The van der Waals surface area contributed by atoms with Crippen molar-refractivity contribution in [2.75, 3.05) is 0 Å². The summed E-state index contributed by atoms with van der Waals surface area (Å²) in [6.45, 7) is 6.74. The van der Waals surface area contributed by atoms with E-state index in [9.17, 15) is 0 Å². The standard InChI is InChI=1S/C16H19ClN2OS2/c1-16(2,3)20-15(21)22-14(10-19-9-8-18-11-19)12-4-6-13(17)7-5-12/h4-9,11,14H,10H2,1-3H3. The van der Waals surface area contributed by atoms with Crippen molar-refractivity contribution in [3.8, 4) is 0 Å². The van der Waals surface area contributed by atoms with E-state index in [2.05, 4.69) is 4.98 Å². The van der Waals surface area contributed by atoms with Gasteiger partial charge in [-0.05, 0) is 50.7 Å². The van der Waals surface area contributed by atoms with Crippen molar-refractivity contribution in [2.45, 2.75) is 38.2 Å². The van der Waals surface area contributed by atoms with Crippen LogP contribution in [0.25, 0.3) is 0 Å². The van der Waals surface area contributed by atoms with E-state index in [1.807, 2.05) is 55.8 Å². The van der Waals surface area contributed by atoms with Crippen molar-refractivity contribution in [3.63, 3.8) is 0 Å². The van der Waals surface area contributed by atoms with E-state index in [-0.39, 0.29) is 10.9 Å². The van der Waals surface area contributed by atoms with Gasteiger partial charge < -0.3 is 9.30 Å². The summed E-state index contributed by atoms with van der Waals surface area (Å²) in [5.41, 5.74) is 0.867. The average molecular weight is 355 g/mol. The van der Waals surface area contributed by atoms with Gasteiger partial charge in [-0.15, -0.1) is 0 Å². The first-order chi connectivity index (χ1) is 10.3. The van der Waals surface area contributed by atoms with Crippen molar-refractivity contribution in [1.82, 2.24) is 9.55 Å². The Morgan fingerprint density at radius 1 is 1.36 bits per heavy atom. The van der Waals surface area contributed by atoms with Crippen LogP contribution in [-0.2, 0) is 11.3 Å². The van der Waals surface area contributed by atoms with Crippen LogP contribution in [0.1, 0.15) is 31.6 Å². The predicted molar refractivity (Wildman–Crippen MR) is 97.4 cm³/mol. The molecule has 1 unspecified atom stereocenters. The molecule has 0 aliphatic heterocycles. The van der Waals surface area contributed by atoms with Crippen LogP contribution in [-0.4, -0.2) is 19.5 Å². The van der Waals surface area contributed by atoms with Gasteiger partial charge in [0.1, 0.15) is 5.60 Å². The molecule has 1 heterocycles. The Labute approximate surface area is 146 Å². The molecule has 118 valence electrons. The SMILES string of the molecule is CC(C)(C)OC(=S)SC(Cn1ccnc1)c1ccc(Cl)cc1. The van der Waals surface area contributed by atoms with Crippen LogP contribution in [0, 0.1) is 0 Å². The molecule has 0 bridgehead atoms. The molecule has 0 aliphatic rings. The molecule has 1 aromatic carbocycles. The molecule has 2 aromatic rings. The number of hydrogen-bond donors (Lipinski definition) is 0.